The van der Waals surface area contributed by atoms with E-state index in [1.807, 2.05) is 6.92 Å². The smallest absolute Gasteiger partial charge is 0.356 e. The van der Waals surface area contributed by atoms with Crippen LogP contribution in [0.1, 0.15) is 32.6 Å². The molecular weight excluding hydrogens is 269 g/mol. The molecule has 0 aromatic rings. The highest BCUT2D eigenvalue weighted by Gasteiger charge is 2.45. The molecule has 2 fully saturated rings. The lowest BCUT2D eigenvalue weighted by atomic mass is 9.78. The van der Waals surface area contributed by atoms with Gasteiger partial charge in [-0.1, -0.05) is 19.8 Å². The molecule has 20 heavy (non-hydrogen) atoms. The molecule has 0 radical (unpaired) electrons. The second-order valence-electron chi connectivity index (χ2n) is 6.14. The third-order valence-corrected chi connectivity index (χ3v) is 4.80. The number of amides is 1. The van der Waals surface area contributed by atoms with Gasteiger partial charge in [0.2, 0.25) is 5.91 Å². The van der Waals surface area contributed by atoms with Crippen LogP contribution in [-0.2, 0) is 4.79 Å². The van der Waals surface area contributed by atoms with Crippen LogP contribution in [0.2, 0.25) is 0 Å². The molecule has 1 heterocycles. The van der Waals surface area contributed by atoms with Gasteiger partial charge in [-0.25, -0.2) is 0 Å². The van der Waals surface area contributed by atoms with Crippen molar-refractivity contribution in [3.8, 4) is 0 Å². The van der Waals surface area contributed by atoms with E-state index in [2.05, 4.69) is 10.6 Å². The zero-order chi connectivity index (χ0) is 14.8. The summed E-state index contributed by atoms with van der Waals surface area (Å²) in [6.07, 6.45) is -1.91. The van der Waals surface area contributed by atoms with Crippen molar-refractivity contribution in [1.29, 1.82) is 0 Å². The van der Waals surface area contributed by atoms with Crippen LogP contribution >= 0.6 is 0 Å². The Balaban J connectivity index is 1.83. The zero-order valence-electron chi connectivity index (χ0n) is 11.8. The van der Waals surface area contributed by atoms with Gasteiger partial charge < -0.3 is 10.6 Å². The van der Waals surface area contributed by atoms with E-state index in [-0.39, 0.29) is 24.8 Å². The third-order valence-electron chi connectivity index (χ3n) is 4.80. The number of carbonyl (C=O) groups excluding carboxylic acids is 1. The summed E-state index contributed by atoms with van der Waals surface area (Å²) < 4.78 is 38.8. The highest BCUT2D eigenvalue weighted by molar-refractivity contribution is 5.78. The van der Waals surface area contributed by atoms with Crippen molar-refractivity contribution in [1.82, 2.24) is 10.6 Å². The average Bonchev–Trinajstić information content (AvgIpc) is 2.33. The van der Waals surface area contributed by atoms with Gasteiger partial charge in [-0.15, -0.1) is 0 Å². The molecule has 2 aliphatic rings. The van der Waals surface area contributed by atoms with E-state index in [0.717, 1.165) is 19.5 Å². The molecular formula is C14H23F3N2O. The largest absolute Gasteiger partial charge is 0.392 e. The molecule has 3 nitrogen and oxygen atoms in total. The Kier molecular flexibility index (Phi) is 4.94. The van der Waals surface area contributed by atoms with Gasteiger partial charge >= 0.3 is 6.18 Å². The van der Waals surface area contributed by atoms with Gasteiger partial charge in [0.15, 0.2) is 0 Å². The quantitative estimate of drug-likeness (QED) is 0.835. The lowest BCUT2D eigenvalue weighted by Gasteiger charge is -2.35. The second-order valence-corrected chi connectivity index (χ2v) is 6.14. The maximum absolute atomic E-state index is 12.9. The maximum Gasteiger partial charge on any atom is 0.392 e. The molecule has 1 aliphatic heterocycles. The van der Waals surface area contributed by atoms with Crippen molar-refractivity contribution in [3.63, 3.8) is 0 Å². The van der Waals surface area contributed by atoms with Crippen molar-refractivity contribution in [3.05, 3.63) is 0 Å². The molecule has 1 saturated carbocycles. The molecule has 2 N–H and O–H groups in total. The Morgan fingerprint density at radius 2 is 1.95 bits per heavy atom. The van der Waals surface area contributed by atoms with Crippen molar-refractivity contribution >= 4 is 5.91 Å². The molecule has 1 aliphatic carbocycles. The number of carbonyl (C=O) groups is 1. The number of hydrogen-bond acceptors (Lipinski definition) is 2. The van der Waals surface area contributed by atoms with Gasteiger partial charge in [0, 0.05) is 12.5 Å². The predicted octanol–water partition coefficient (Wildman–Crippen LogP) is 2.33. The Morgan fingerprint density at radius 1 is 1.30 bits per heavy atom. The molecule has 116 valence electrons. The minimum atomic E-state index is -4.14. The molecule has 1 amide bonds. The molecule has 0 aromatic carbocycles. The minimum absolute atomic E-state index is 0.108. The fourth-order valence-corrected chi connectivity index (χ4v) is 3.15. The molecule has 6 heteroatoms. The van der Waals surface area contributed by atoms with Gasteiger partial charge in [0.1, 0.15) is 0 Å². The van der Waals surface area contributed by atoms with E-state index in [1.54, 1.807) is 0 Å². The standard InChI is InChI=1S/C14H23F3N2O/c1-9(11-6-18-7-11)13(20)19-8-10-4-2-3-5-12(10)14(15,16)17/h9-12,18H,2-8H2,1H3,(H,19,20). The van der Waals surface area contributed by atoms with E-state index in [4.69, 9.17) is 0 Å². The summed E-state index contributed by atoms with van der Waals surface area (Å²) in [6, 6.07) is 0. The summed E-state index contributed by atoms with van der Waals surface area (Å²) in [5.41, 5.74) is 0. The topological polar surface area (TPSA) is 41.1 Å². The Hall–Kier alpha value is -0.780. The van der Waals surface area contributed by atoms with Crippen molar-refractivity contribution in [2.45, 2.75) is 38.8 Å². The van der Waals surface area contributed by atoms with Crippen LogP contribution in [0.25, 0.3) is 0 Å². The van der Waals surface area contributed by atoms with Crippen LogP contribution < -0.4 is 10.6 Å². The maximum atomic E-state index is 12.9. The fourth-order valence-electron chi connectivity index (χ4n) is 3.15. The fraction of sp³-hybridized carbons (Fsp3) is 0.929. The van der Waals surface area contributed by atoms with Crippen LogP contribution in [-0.4, -0.2) is 31.7 Å². The first-order valence-electron chi connectivity index (χ1n) is 7.44. The van der Waals surface area contributed by atoms with Gasteiger partial charge in [-0.2, -0.15) is 13.2 Å². The number of alkyl halides is 3. The van der Waals surface area contributed by atoms with E-state index in [9.17, 15) is 18.0 Å². The summed E-state index contributed by atoms with van der Waals surface area (Å²) in [5, 5.41) is 5.84. The second kappa shape index (κ2) is 6.33. The first-order chi connectivity index (χ1) is 9.39. The summed E-state index contributed by atoms with van der Waals surface area (Å²) in [4.78, 5) is 12.0. The van der Waals surface area contributed by atoms with Gasteiger partial charge in [0.05, 0.1) is 5.92 Å². The highest BCUT2D eigenvalue weighted by Crippen LogP contribution is 2.41. The zero-order valence-corrected chi connectivity index (χ0v) is 11.8. The van der Waals surface area contributed by atoms with E-state index >= 15 is 0 Å². The van der Waals surface area contributed by atoms with Crippen molar-refractivity contribution in [2.24, 2.45) is 23.7 Å². The van der Waals surface area contributed by atoms with Crippen LogP contribution in [0.5, 0.6) is 0 Å². The number of hydrogen-bond donors (Lipinski definition) is 2. The summed E-state index contributed by atoms with van der Waals surface area (Å²) >= 11 is 0. The normalized spacial score (nSPS) is 29.6. The number of rotatable bonds is 4. The van der Waals surface area contributed by atoms with Crippen LogP contribution in [0.15, 0.2) is 0 Å². The first kappa shape index (κ1) is 15.6. The third kappa shape index (κ3) is 3.65. The van der Waals surface area contributed by atoms with Crippen LogP contribution in [0.4, 0.5) is 13.2 Å². The lowest BCUT2D eigenvalue weighted by molar-refractivity contribution is -0.195. The summed E-state index contributed by atoms with van der Waals surface area (Å²) in [5.74, 6) is -1.62. The molecule has 0 aromatic heterocycles. The molecule has 3 unspecified atom stereocenters. The molecule has 0 bridgehead atoms. The average molecular weight is 292 g/mol. The lowest BCUT2D eigenvalue weighted by Crippen LogP contribution is -2.50. The first-order valence-corrected chi connectivity index (χ1v) is 7.44. The Labute approximate surface area is 117 Å². The molecule has 1 saturated heterocycles. The Morgan fingerprint density at radius 3 is 2.50 bits per heavy atom. The van der Waals surface area contributed by atoms with Gasteiger partial charge in [0.25, 0.3) is 0 Å². The number of halogens is 3. The highest BCUT2D eigenvalue weighted by atomic mass is 19.4. The summed E-state index contributed by atoms with van der Waals surface area (Å²) in [7, 11) is 0. The van der Waals surface area contributed by atoms with Crippen molar-refractivity contribution in [2.75, 3.05) is 19.6 Å². The van der Waals surface area contributed by atoms with E-state index in [0.29, 0.717) is 18.8 Å². The summed E-state index contributed by atoms with van der Waals surface area (Å²) in [6.45, 7) is 3.66. The predicted molar refractivity (Wildman–Crippen MR) is 70.0 cm³/mol. The molecule has 3 atom stereocenters. The Bertz CT molecular complexity index is 342. The van der Waals surface area contributed by atoms with E-state index in [1.165, 1.54) is 0 Å². The van der Waals surface area contributed by atoms with Crippen LogP contribution in [0, 0.1) is 23.7 Å². The van der Waals surface area contributed by atoms with Gasteiger partial charge in [-0.05, 0) is 37.8 Å². The molecule has 2 rings (SSSR count). The monoisotopic (exact) mass is 292 g/mol. The van der Waals surface area contributed by atoms with E-state index < -0.39 is 18.0 Å². The molecule has 0 spiro atoms. The minimum Gasteiger partial charge on any atom is -0.356 e. The SMILES string of the molecule is CC(C(=O)NCC1CCCCC1C(F)(F)F)C1CNC1. The van der Waals surface area contributed by atoms with Gasteiger partial charge in [-0.3, -0.25) is 4.79 Å². The number of nitrogens with one attached hydrogen (secondary N) is 2. The van der Waals surface area contributed by atoms with Crippen molar-refractivity contribution < 1.29 is 18.0 Å². The van der Waals surface area contributed by atoms with Crippen LogP contribution in [0.3, 0.4) is 0 Å².